The Morgan fingerprint density at radius 2 is 1.44 bits per heavy atom. The van der Waals surface area contributed by atoms with Crippen LogP contribution in [0.2, 0.25) is 0 Å². The van der Waals surface area contributed by atoms with Crippen LogP contribution in [-0.4, -0.2) is 6.54 Å². The smallest absolute Gasteiger partial charge is 0.0490 e. The van der Waals surface area contributed by atoms with Gasteiger partial charge in [0.05, 0.1) is 0 Å². The van der Waals surface area contributed by atoms with Crippen LogP contribution in [0.4, 0.5) is 11.4 Å². The molecular formula is C24H29N. The molecule has 0 aromatic heterocycles. The number of hydrogen-bond donors (Lipinski definition) is 0. The molecule has 0 saturated carbocycles. The summed E-state index contributed by atoms with van der Waals surface area (Å²) in [6, 6.07) is 26.1. The van der Waals surface area contributed by atoms with Crippen LogP contribution in [0.5, 0.6) is 0 Å². The third-order valence-electron chi connectivity index (χ3n) is 4.79. The van der Waals surface area contributed by atoms with Crippen LogP contribution in [0.3, 0.4) is 0 Å². The highest BCUT2D eigenvalue weighted by Gasteiger charge is 2.11. The number of hydrogen-bond acceptors (Lipinski definition) is 1. The molecule has 0 fully saturated rings. The summed E-state index contributed by atoms with van der Waals surface area (Å²) in [7, 11) is 0. The number of fused-ring (bicyclic) bond motifs is 1. The lowest BCUT2D eigenvalue weighted by atomic mass is 10.0. The monoisotopic (exact) mass is 331 g/mol. The van der Waals surface area contributed by atoms with Crippen molar-refractivity contribution in [3.63, 3.8) is 0 Å². The summed E-state index contributed by atoms with van der Waals surface area (Å²) < 4.78 is 0. The maximum Gasteiger partial charge on any atom is 0.0490 e. The van der Waals surface area contributed by atoms with Gasteiger partial charge in [-0.15, -0.1) is 0 Å². The highest BCUT2D eigenvalue weighted by atomic mass is 15.1. The Labute approximate surface area is 152 Å². The molecule has 3 aromatic carbocycles. The topological polar surface area (TPSA) is 3.24 Å². The molecule has 0 aliphatic heterocycles. The van der Waals surface area contributed by atoms with E-state index in [1.807, 2.05) is 0 Å². The number of benzene rings is 3. The molecule has 25 heavy (non-hydrogen) atoms. The molecule has 3 rings (SSSR count). The fourth-order valence-electron chi connectivity index (χ4n) is 3.44. The van der Waals surface area contributed by atoms with E-state index >= 15 is 0 Å². The Hall–Kier alpha value is -2.28. The first-order valence-electron chi connectivity index (χ1n) is 9.56. The van der Waals surface area contributed by atoms with Crippen LogP contribution >= 0.6 is 0 Å². The van der Waals surface area contributed by atoms with Gasteiger partial charge < -0.3 is 4.90 Å². The lowest BCUT2D eigenvalue weighted by molar-refractivity contribution is 0.528. The third kappa shape index (κ3) is 4.63. The summed E-state index contributed by atoms with van der Waals surface area (Å²) in [4.78, 5) is 2.48. The molecule has 0 spiro atoms. The normalized spacial score (nSPS) is 11.2. The van der Waals surface area contributed by atoms with Gasteiger partial charge in [0.1, 0.15) is 0 Å². The van der Waals surface area contributed by atoms with E-state index in [4.69, 9.17) is 0 Å². The highest BCUT2D eigenvalue weighted by molar-refractivity contribution is 5.96. The fourth-order valence-corrected chi connectivity index (χ4v) is 3.44. The zero-order valence-electron chi connectivity index (χ0n) is 15.5. The molecule has 0 saturated heterocycles. The first kappa shape index (κ1) is 17.5. The second-order valence-corrected chi connectivity index (χ2v) is 7.23. The van der Waals surface area contributed by atoms with E-state index in [2.05, 4.69) is 91.5 Å². The van der Waals surface area contributed by atoms with Gasteiger partial charge in [-0.2, -0.15) is 0 Å². The molecule has 0 bridgehead atoms. The summed E-state index contributed by atoms with van der Waals surface area (Å²) >= 11 is 0. The number of nitrogens with zero attached hydrogens (tertiary/aromatic N) is 1. The Morgan fingerprint density at radius 3 is 2.24 bits per heavy atom. The summed E-state index contributed by atoms with van der Waals surface area (Å²) in [6.45, 7) is 5.69. The van der Waals surface area contributed by atoms with Crippen LogP contribution in [0.1, 0.15) is 39.5 Å². The SMILES string of the molecule is CC(C)CCCCCN(c1ccccc1)c1cccc2ccccc12. The minimum absolute atomic E-state index is 0.809. The van der Waals surface area contributed by atoms with Gasteiger partial charge in [-0.3, -0.25) is 0 Å². The molecule has 1 heteroatoms. The van der Waals surface area contributed by atoms with Gasteiger partial charge in [0, 0.05) is 23.3 Å². The Balaban J connectivity index is 1.84. The minimum atomic E-state index is 0.809. The fraction of sp³-hybridized carbons (Fsp3) is 0.333. The molecule has 3 aromatic rings. The molecule has 0 heterocycles. The summed E-state index contributed by atoms with van der Waals surface area (Å²) in [5.41, 5.74) is 2.59. The van der Waals surface area contributed by atoms with E-state index in [1.165, 1.54) is 47.8 Å². The third-order valence-corrected chi connectivity index (χ3v) is 4.79. The first-order chi connectivity index (χ1) is 12.3. The van der Waals surface area contributed by atoms with Gasteiger partial charge in [-0.25, -0.2) is 0 Å². The van der Waals surface area contributed by atoms with Crippen molar-refractivity contribution in [3.8, 4) is 0 Å². The summed E-state index contributed by atoms with van der Waals surface area (Å²) in [5.74, 6) is 0.809. The van der Waals surface area contributed by atoms with Crippen LogP contribution in [0, 0.1) is 5.92 Å². The van der Waals surface area contributed by atoms with E-state index in [9.17, 15) is 0 Å². The van der Waals surface area contributed by atoms with Gasteiger partial charge in [-0.1, -0.05) is 87.7 Å². The molecule has 0 aliphatic rings. The van der Waals surface area contributed by atoms with Crippen molar-refractivity contribution in [1.82, 2.24) is 0 Å². The highest BCUT2D eigenvalue weighted by Crippen LogP contribution is 2.32. The molecule has 0 aliphatic carbocycles. The van der Waals surface area contributed by atoms with Crippen molar-refractivity contribution >= 4 is 22.1 Å². The minimum Gasteiger partial charge on any atom is -0.341 e. The Morgan fingerprint density at radius 1 is 0.720 bits per heavy atom. The van der Waals surface area contributed by atoms with Crippen molar-refractivity contribution in [3.05, 3.63) is 72.8 Å². The van der Waals surface area contributed by atoms with Gasteiger partial charge in [0.15, 0.2) is 0 Å². The van der Waals surface area contributed by atoms with Gasteiger partial charge in [0.2, 0.25) is 0 Å². The summed E-state index contributed by atoms with van der Waals surface area (Å²) in [5, 5.41) is 2.64. The molecule has 0 amide bonds. The van der Waals surface area contributed by atoms with Crippen molar-refractivity contribution < 1.29 is 0 Å². The van der Waals surface area contributed by atoms with E-state index in [1.54, 1.807) is 0 Å². The van der Waals surface area contributed by atoms with Crippen LogP contribution in [0.15, 0.2) is 72.8 Å². The average molecular weight is 332 g/mol. The quantitative estimate of drug-likeness (QED) is 0.395. The van der Waals surface area contributed by atoms with Crippen molar-refractivity contribution in [2.24, 2.45) is 5.92 Å². The van der Waals surface area contributed by atoms with E-state index in [-0.39, 0.29) is 0 Å². The van der Waals surface area contributed by atoms with Crippen molar-refractivity contribution in [1.29, 1.82) is 0 Å². The average Bonchev–Trinajstić information content (AvgIpc) is 2.65. The van der Waals surface area contributed by atoms with Crippen LogP contribution < -0.4 is 4.90 Å². The molecule has 130 valence electrons. The zero-order chi connectivity index (χ0) is 17.5. The second kappa shape index (κ2) is 8.71. The summed E-state index contributed by atoms with van der Waals surface area (Å²) in [6.07, 6.45) is 5.19. The maximum absolute atomic E-state index is 2.48. The number of anilines is 2. The van der Waals surface area contributed by atoms with Crippen LogP contribution in [-0.2, 0) is 0 Å². The molecular weight excluding hydrogens is 302 g/mol. The van der Waals surface area contributed by atoms with Crippen molar-refractivity contribution in [2.45, 2.75) is 39.5 Å². The lowest BCUT2D eigenvalue weighted by Crippen LogP contribution is -2.18. The van der Waals surface area contributed by atoms with Crippen LogP contribution in [0.25, 0.3) is 10.8 Å². The predicted molar refractivity (Wildman–Crippen MR) is 111 cm³/mol. The van der Waals surface area contributed by atoms with E-state index < -0.39 is 0 Å². The van der Waals surface area contributed by atoms with Gasteiger partial charge in [-0.05, 0) is 35.9 Å². The van der Waals surface area contributed by atoms with Gasteiger partial charge >= 0.3 is 0 Å². The standard InChI is InChI=1S/C24H29N/c1-20(2)12-5-4-10-19-25(22-15-6-3-7-16-22)24-18-11-14-21-13-8-9-17-23(21)24/h3,6-9,11,13-18,20H,4-5,10,12,19H2,1-2H3. The number of unbranched alkanes of at least 4 members (excludes halogenated alkanes) is 2. The maximum atomic E-state index is 2.48. The molecule has 0 atom stereocenters. The molecule has 0 N–H and O–H groups in total. The van der Waals surface area contributed by atoms with Crippen molar-refractivity contribution in [2.75, 3.05) is 11.4 Å². The zero-order valence-corrected chi connectivity index (χ0v) is 15.5. The number of rotatable bonds is 8. The Bertz CT molecular complexity index is 771. The van der Waals surface area contributed by atoms with E-state index in [0.29, 0.717) is 0 Å². The number of para-hydroxylation sites is 1. The first-order valence-corrected chi connectivity index (χ1v) is 9.56. The lowest BCUT2D eigenvalue weighted by Gasteiger charge is -2.26. The molecule has 0 unspecified atom stereocenters. The Kier molecular flexibility index (Phi) is 6.11. The molecule has 1 nitrogen and oxygen atoms in total. The predicted octanol–water partition coefficient (Wildman–Crippen LogP) is 7.19. The molecule has 0 radical (unpaired) electrons. The second-order valence-electron chi connectivity index (χ2n) is 7.23. The largest absolute Gasteiger partial charge is 0.341 e. The van der Waals surface area contributed by atoms with E-state index in [0.717, 1.165) is 12.5 Å². The van der Waals surface area contributed by atoms with Gasteiger partial charge in [0.25, 0.3) is 0 Å².